The summed E-state index contributed by atoms with van der Waals surface area (Å²) in [6, 6.07) is 8.27. The van der Waals surface area contributed by atoms with Gasteiger partial charge < -0.3 is 10.1 Å². The van der Waals surface area contributed by atoms with Crippen LogP contribution in [0, 0.1) is 18.3 Å². The van der Waals surface area contributed by atoms with Crippen LogP contribution in [0.25, 0.3) is 0 Å². The molecule has 1 N–H and O–H groups in total. The van der Waals surface area contributed by atoms with E-state index in [1.165, 1.54) is 5.56 Å². The second-order valence-corrected chi connectivity index (χ2v) is 7.01. The number of likely N-dealkylation sites (N-methyl/N-ethyl adjacent to an activating group) is 1. The summed E-state index contributed by atoms with van der Waals surface area (Å²) < 4.78 is 5.38. The van der Waals surface area contributed by atoms with Gasteiger partial charge in [-0.1, -0.05) is 31.9 Å². The summed E-state index contributed by atoms with van der Waals surface area (Å²) in [5, 5.41) is 3.20. The number of terminal acetylenes is 1. The Kier molecular flexibility index (Phi) is 8.63. The van der Waals surface area contributed by atoms with Crippen molar-refractivity contribution in [3.63, 3.8) is 0 Å². The Bertz CT molecular complexity index is 629. The number of carbonyl (C=O) groups excluding carboxylic acids is 1. The molecule has 148 valence electrons. The minimum absolute atomic E-state index is 0.0849. The van der Waals surface area contributed by atoms with Crippen molar-refractivity contribution in [2.24, 2.45) is 5.92 Å². The van der Waals surface area contributed by atoms with Gasteiger partial charge in [-0.05, 0) is 56.7 Å². The van der Waals surface area contributed by atoms with Crippen molar-refractivity contribution in [2.45, 2.75) is 32.7 Å². The predicted octanol–water partition coefficient (Wildman–Crippen LogP) is 2.54. The van der Waals surface area contributed by atoms with Gasteiger partial charge in [0.25, 0.3) is 0 Å². The van der Waals surface area contributed by atoms with E-state index >= 15 is 0 Å². The van der Waals surface area contributed by atoms with Gasteiger partial charge in [0.2, 0.25) is 5.91 Å². The number of nitrogens with zero attached hydrogens (tertiary/aromatic N) is 2. The van der Waals surface area contributed by atoms with Crippen LogP contribution in [0.15, 0.2) is 24.3 Å². The number of rotatable bonds is 9. The second-order valence-electron chi connectivity index (χ2n) is 7.01. The molecule has 5 heteroatoms. The van der Waals surface area contributed by atoms with Gasteiger partial charge in [0.05, 0.1) is 19.7 Å². The SMILES string of the molecule is C#CCN1CCC(C(=O)NCC(c2cccc(OC)c2)N(CC)CC)CC1. The molecular formula is C22H33N3O2. The van der Waals surface area contributed by atoms with E-state index in [1.807, 2.05) is 12.1 Å². The van der Waals surface area contributed by atoms with Crippen molar-refractivity contribution in [3.8, 4) is 18.1 Å². The van der Waals surface area contributed by atoms with E-state index in [2.05, 4.69) is 47.0 Å². The van der Waals surface area contributed by atoms with Crippen molar-refractivity contribution in [1.29, 1.82) is 0 Å². The van der Waals surface area contributed by atoms with Crippen LogP contribution in [-0.2, 0) is 4.79 Å². The average molecular weight is 372 g/mol. The van der Waals surface area contributed by atoms with Crippen LogP contribution in [0.5, 0.6) is 5.75 Å². The van der Waals surface area contributed by atoms with E-state index in [4.69, 9.17) is 11.2 Å². The Morgan fingerprint density at radius 3 is 2.67 bits per heavy atom. The van der Waals surface area contributed by atoms with Crippen LogP contribution >= 0.6 is 0 Å². The second kappa shape index (κ2) is 11.0. The van der Waals surface area contributed by atoms with Crippen LogP contribution < -0.4 is 10.1 Å². The highest BCUT2D eigenvalue weighted by molar-refractivity contribution is 5.78. The average Bonchev–Trinajstić information content (AvgIpc) is 2.71. The number of benzene rings is 1. The maximum atomic E-state index is 12.7. The van der Waals surface area contributed by atoms with Gasteiger partial charge in [0.15, 0.2) is 0 Å². The number of likely N-dealkylation sites (tertiary alicyclic amines) is 1. The molecule has 0 aliphatic carbocycles. The van der Waals surface area contributed by atoms with Crippen molar-refractivity contribution in [3.05, 3.63) is 29.8 Å². The summed E-state index contributed by atoms with van der Waals surface area (Å²) >= 11 is 0. The largest absolute Gasteiger partial charge is 0.497 e. The fourth-order valence-electron chi connectivity index (χ4n) is 3.79. The number of methoxy groups -OCH3 is 1. The normalized spacial score (nSPS) is 16.7. The first-order valence-electron chi connectivity index (χ1n) is 9.94. The number of ether oxygens (including phenoxy) is 1. The van der Waals surface area contributed by atoms with Crippen molar-refractivity contribution >= 4 is 5.91 Å². The van der Waals surface area contributed by atoms with E-state index < -0.39 is 0 Å². The first-order chi connectivity index (χ1) is 13.1. The van der Waals surface area contributed by atoms with Crippen molar-refractivity contribution in [2.75, 3.05) is 46.4 Å². The lowest BCUT2D eigenvalue weighted by Crippen LogP contribution is -2.43. The van der Waals surface area contributed by atoms with Crippen LogP contribution in [-0.4, -0.2) is 62.1 Å². The van der Waals surface area contributed by atoms with Crippen LogP contribution in [0.2, 0.25) is 0 Å². The van der Waals surface area contributed by atoms with Crippen molar-refractivity contribution in [1.82, 2.24) is 15.1 Å². The highest BCUT2D eigenvalue weighted by Gasteiger charge is 2.26. The maximum absolute atomic E-state index is 12.7. The highest BCUT2D eigenvalue weighted by Crippen LogP contribution is 2.24. The Balaban J connectivity index is 1.99. The van der Waals surface area contributed by atoms with Crippen LogP contribution in [0.3, 0.4) is 0 Å². The summed E-state index contributed by atoms with van der Waals surface area (Å²) in [5.74, 6) is 3.78. The van der Waals surface area contributed by atoms with E-state index in [0.29, 0.717) is 13.1 Å². The smallest absolute Gasteiger partial charge is 0.223 e. The van der Waals surface area contributed by atoms with Gasteiger partial charge in [-0.25, -0.2) is 0 Å². The molecule has 1 unspecified atom stereocenters. The third-order valence-corrected chi connectivity index (χ3v) is 5.47. The third-order valence-electron chi connectivity index (χ3n) is 5.47. The molecule has 1 fully saturated rings. The molecule has 1 atom stereocenters. The lowest BCUT2D eigenvalue weighted by atomic mass is 9.95. The lowest BCUT2D eigenvalue weighted by molar-refractivity contribution is -0.126. The fourth-order valence-corrected chi connectivity index (χ4v) is 3.79. The van der Waals surface area contributed by atoms with Crippen LogP contribution in [0.1, 0.15) is 38.3 Å². The summed E-state index contributed by atoms with van der Waals surface area (Å²) in [6.45, 7) is 9.25. The minimum atomic E-state index is 0.0849. The Morgan fingerprint density at radius 1 is 1.37 bits per heavy atom. The summed E-state index contributed by atoms with van der Waals surface area (Å²) in [5.41, 5.74) is 1.17. The monoisotopic (exact) mass is 371 g/mol. The molecular weight excluding hydrogens is 338 g/mol. The number of nitrogens with one attached hydrogen (secondary N) is 1. The standard InChI is InChI=1S/C22H33N3O2/c1-5-13-24-14-11-18(12-15-24)22(26)23-17-21(25(6-2)7-3)19-9-8-10-20(16-19)27-4/h1,8-10,16,18,21H,6-7,11-15,17H2,2-4H3,(H,23,26). The van der Waals surface area contributed by atoms with E-state index in [-0.39, 0.29) is 17.9 Å². The lowest BCUT2D eigenvalue weighted by Gasteiger charge is -2.32. The molecule has 1 aromatic rings. The zero-order chi connectivity index (χ0) is 19.6. The molecule has 0 saturated carbocycles. The van der Waals surface area contributed by atoms with Gasteiger partial charge in [0, 0.05) is 12.5 Å². The molecule has 1 amide bonds. The highest BCUT2D eigenvalue weighted by atomic mass is 16.5. The van der Waals surface area contributed by atoms with E-state index in [9.17, 15) is 4.79 Å². The Morgan fingerprint density at radius 2 is 2.07 bits per heavy atom. The number of hydrogen-bond acceptors (Lipinski definition) is 4. The van der Waals surface area contributed by atoms with Crippen molar-refractivity contribution < 1.29 is 9.53 Å². The molecule has 1 aliphatic rings. The molecule has 1 aliphatic heterocycles. The summed E-state index contributed by atoms with van der Waals surface area (Å²) in [7, 11) is 1.68. The number of amides is 1. The maximum Gasteiger partial charge on any atom is 0.223 e. The zero-order valence-electron chi connectivity index (χ0n) is 16.9. The first-order valence-corrected chi connectivity index (χ1v) is 9.94. The molecule has 1 aromatic carbocycles. The van der Waals surface area contributed by atoms with E-state index in [0.717, 1.165) is 44.8 Å². The topological polar surface area (TPSA) is 44.8 Å². The molecule has 1 saturated heterocycles. The molecule has 0 radical (unpaired) electrons. The van der Waals surface area contributed by atoms with Gasteiger partial charge in [-0.2, -0.15) is 0 Å². The van der Waals surface area contributed by atoms with E-state index in [1.54, 1.807) is 7.11 Å². The number of carbonyl (C=O) groups is 1. The van der Waals surface area contributed by atoms with Gasteiger partial charge in [-0.15, -0.1) is 6.42 Å². The molecule has 27 heavy (non-hydrogen) atoms. The zero-order valence-corrected chi connectivity index (χ0v) is 16.9. The molecule has 2 rings (SSSR count). The molecule has 1 heterocycles. The molecule has 0 bridgehead atoms. The quantitative estimate of drug-likeness (QED) is 0.678. The van der Waals surface area contributed by atoms with Gasteiger partial charge >= 0.3 is 0 Å². The van der Waals surface area contributed by atoms with Crippen LogP contribution in [0.4, 0.5) is 0 Å². The third kappa shape index (κ3) is 5.98. The predicted molar refractivity (Wildman–Crippen MR) is 110 cm³/mol. The molecule has 0 aromatic heterocycles. The molecule has 0 spiro atoms. The summed E-state index contributed by atoms with van der Waals surface area (Å²) in [6.07, 6.45) is 7.14. The summed E-state index contributed by atoms with van der Waals surface area (Å²) in [4.78, 5) is 17.3. The van der Waals surface area contributed by atoms with Gasteiger partial charge in [-0.3, -0.25) is 14.6 Å². The van der Waals surface area contributed by atoms with Gasteiger partial charge in [0.1, 0.15) is 5.75 Å². The number of hydrogen-bond donors (Lipinski definition) is 1. The first kappa shape index (κ1) is 21.3. The fraction of sp³-hybridized carbons (Fsp3) is 0.591. The number of piperidine rings is 1. The Hall–Kier alpha value is -2.03. The Labute approximate surface area is 164 Å². The minimum Gasteiger partial charge on any atom is -0.497 e. The molecule has 5 nitrogen and oxygen atoms in total.